The van der Waals surface area contributed by atoms with Crippen LogP contribution in [0, 0.1) is 11.8 Å². The lowest BCUT2D eigenvalue weighted by molar-refractivity contribution is 1.13. The zero-order valence-corrected chi connectivity index (χ0v) is 11.4. The fourth-order valence-electron chi connectivity index (χ4n) is 1.71. The van der Waals surface area contributed by atoms with E-state index >= 15 is 0 Å². The highest BCUT2D eigenvalue weighted by atomic mass is 15.1. The molecular formula is C17H18N2. The third-order valence-electron chi connectivity index (χ3n) is 2.75. The molecule has 2 aromatic carbocycles. The van der Waals surface area contributed by atoms with Gasteiger partial charge in [-0.2, -0.15) is 0 Å². The normalized spacial score (nSPS) is 9.37. The molecule has 0 aromatic heterocycles. The number of anilines is 2. The van der Waals surface area contributed by atoms with Gasteiger partial charge in [0.05, 0.1) is 6.54 Å². The number of nitrogens with zero attached hydrogens (tertiary/aromatic N) is 1. The van der Waals surface area contributed by atoms with Crippen LogP contribution in [0.4, 0.5) is 11.4 Å². The van der Waals surface area contributed by atoms with Crippen LogP contribution in [-0.2, 0) is 0 Å². The summed E-state index contributed by atoms with van der Waals surface area (Å²) in [6.45, 7) is 0.645. The minimum absolute atomic E-state index is 0.645. The van der Waals surface area contributed by atoms with Crippen molar-refractivity contribution in [2.45, 2.75) is 0 Å². The van der Waals surface area contributed by atoms with Gasteiger partial charge < -0.3 is 10.2 Å². The molecule has 0 saturated carbocycles. The fraction of sp³-hybridized carbons (Fsp3) is 0.176. The van der Waals surface area contributed by atoms with Crippen LogP contribution in [0.1, 0.15) is 5.56 Å². The summed E-state index contributed by atoms with van der Waals surface area (Å²) in [4.78, 5) is 2.08. The molecule has 0 saturated heterocycles. The first-order valence-corrected chi connectivity index (χ1v) is 6.31. The van der Waals surface area contributed by atoms with Gasteiger partial charge in [0.25, 0.3) is 0 Å². The molecule has 0 spiro atoms. The molecule has 0 unspecified atom stereocenters. The van der Waals surface area contributed by atoms with E-state index in [1.165, 1.54) is 5.69 Å². The van der Waals surface area contributed by atoms with E-state index in [0.29, 0.717) is 6.54 Å². The molecule has 2 heteroatoms. The number of nitrogens with one attached hydrogen (secondary N) is 1. The maximum Gasteiger partial charge on any atom is 0.0769 e. The van der Waals surface area contributed by atoms with Gasteiger partial charge >= 0.3 is 0 Å². The molecule has 19 heavy (non-hydrogen) atoms. The first kappa shape index (κ1) is 13.0. The lowest BCUT2D eigenvalue weighted by Gasteiger charge is -2.13. The summed E-state index contributed by atoms with van der Waals surface area (Å²) >= 11 is 0. The number of rotatable bonds is 3. The maximum atomic E-state index is 3.31. The average Bonchev–Trinajstić information content (AvgIpc) is 2.45. The van der Waals surface area contributed by atoms with Crippen LogP contribution in [0.25, 0.3) is 0 Å². The first-order valence-electron chi connectivity index (χ1n) is 6.31. The zero-order chi connectivity index (χ0) is 13.5. The number of hydrogen-bond acceptors (Lipinski definition) is 2. The van der Waals surface area contributed by atoms with Gasteiger partial charge in [0.15, 0.2) is 0 Å². The van der Waals surface area contributed by atoms with Crippen molar-refractivity contribution in [3.05, 3.63) is 60.2 Å². The van der Waals surface area contributed by atoms with E-state index in [-0.39, 0.29) is 0 Å². The topological polar surface area (TPSA) is 15.3 Å². The summed E-state index contributed by atoms with van der Waals surface area (Å²) in [5.41, 5.74) is 3.32. The molecule has 0 radical (unpaired) electrons. The van der Waals surface area contributed by atoms with Crippen molar-refractivity contribution in [1.29, 1.82) is 0 Å². The Morgan fingerprint density at radius 2 is 1.79 bits per heavy atom. The van der Waals surface area contributed by atoms with E-state index < -0.39 is 0 Å². The summed E-state index contributed by atoms with van der Waals surface area (Å²) in [6, 6.07) is 18.3. The highest BCUT2D eigenvalue weighted by molar-refractivity contribution is 5.57. The van der Waals surface area contributed by atoms with Gasteiger partial charge in [-0.05, 0) is 30.3 Å². The van der Waals surface area contributed by atoms with Gasteiger partial charge in [-0.15, -0.1) is 0 Å². The van der Waals surface area contributed by atoms with Crippen LogP contribution in [-0.4, -0.2) is 20.6 Å². The SMILES string of the molecule is CN(C)c1cccc(NCC#Cc2ccccc2)c1. The Balaban J connectivity index is 1.93. The minimum Gasteiger partial charge on any atom is -0.378 e. The van der Waals surface area contributed by atoms with Gasteiger partial charge in [0, 0.05) is 31.0 Å². The van der Waals surface area contributed by atoms with Crippen molar-refractivity contribution in [3.8, 4) is 11.8 Å². The molecule has 0 amide bonds. The molecule has 0 atom stereocenters. The second-order valence-corrected chi connectivity index (χ2v) is 4.47. The smallest absolute Gasteiger partial charge is 0.0769 e. The monoisotopic (exact) mass is 250 g/mol. The molecule has 0 aliphatic rings. The summed E-state index contributed by atoms with van der Waals surface area (Å²) in [5.74, 6) is 6.25. The molecule has 2 nitrogen and oxygen atoms in total. The molecule has 0 aliphatic carbocycles. The van der Waals surface area contributed by atoms with E-state index in [0.717, 1.165) is 11.3 Å². The third-order valence-corrected chi connectivity index (χ3v) is 2.75. The van der Waals surface area contributed by atoms with E-state index in [1.807, 2.05) is 50.5 Å². The third kappa shape index (κ3) is 4.08. The Morgan fingerprint density at radius 1 is 1.00 bits per heavy atom. The van der Waals surface area contributed by atoms with Crippen molar-refractivity contribution in [2.24, 2.45) is 0 Å². The number of benzene rings is 2. The molecule has 0 heterocycles. The Hall–Kier alpha value is -2.40. The second-order valence-electron chi connectivity index (χ2n) is 4.47. The standard InChI is InChI=1S/C17H18N2/c1-19(2)17-12-6-11-16(14-17)18-13-7-10-15-8-4-3-5-9-15/h3-6,8-9,11-12,14,18H,13H2,1-2H3. The molecule has 2 aromatic rings. The minimum atomic E-state index is 0.645. The predicted octanol–water partition coefficient (Wildman–Crippen LogP) is 3.22. The van der Waals surface area contributed by atoms with Crippen molar-refractivity contribution in [1.82, 2.24) is 0 Å². The Labute approximate surface area is 115 Å². The molecule has 1 N–H and O–H groups in total. The Kier molecular flexibility index (Phi) is 4.47. The second kappa shape index (κ2) is 6.51. The average molecular weight is 250 g/mol. The van der Waals surface area contributed by atoms with E-state index in [9.17, 15) is 0 Å². The lowest BCUT2D eigenvalue weighted by Crippen LogP contribution is -2.09. The molecule has 0 aliphatic heterocycles. The molecule has 2 rings (SSSR count). The first-order chi connectivity index (χ1) is 9.25. The van der Waals surface area contributed by atoms with Crippen molar-refractivity contribution in [2.75, 3.05) is 30.9 Å². The predicted molar refractivity (Wildman–Crippen MR) is 82.6 cm³/mol. The largest absolute Gasteiger partial charge is 0.378 e. The van der Waals surface area contributed by atoms with Gasteiger partial charge in [-0.3, -0.25) is 0 Å². The number of hydrogen-bond donors (Lipinski definition) is 1. The van der Waals surface area contributed by atoms with Crippen LogP contribution in [0.2, 0.25) is 0 Å². The molecule has 0 fully saturated rings. The van der Waals surface area contributed by atoms with Crippen LogP contribution in [0.3, 0.4) is 0 Å². The highest BCUT2D eigenvalue weighted by Gasteiger charge is 1.95. The van der Waals surface area contributed by atoms with Gasteiger partial charge in [0.1, 0.15) is 0 Å². The Bertz CT molecular complexity index is 577. The summed E-state index contributed by atoms with van der Waals surface area (Å²) < 4.78 is 0. The van der Waals surface area contributed by atoms with Gasteiger partial charge in [-0.25, -0.2) is 0 Å². The van der Waals surface area contributed by atoms with Crippen molar-refractivity contribution in [3.63, 3.8) is 0 Å². The summed E-state index contributed by atoms with van der Waals surface area (Å²) in [5, 5.41) is 3.31. The van der Waals surface area contributed by atoms with Gasteiger partial charge in [0.2, 0.25) is 0 Å². The van der Waals surface area contributed by atoms with Crippen molar-refractivity contribution >= 4 is 11.4 Å². The van der Waals surface area contributed by atoms with Crippen molar-refractivity contribution < 1.29 is 0 Å². The Morgan fingerprint density at radius 3 is 2.53 bits per heavy atom. The molecule has 0 bridgehead atoms. The van der Waals surface area contributed by atoms with Crippen LogP contribution in [0.5, 0.6) is 0 Å². The van der Waals surface area contributed by atoms with Crippen LogP contribution in [0.15, 0.2) is 54.6 Å². The van der Waals surface area contributed by atoms with E-state index in [4.69, 9.17) is 0 Å². The van der Waals surface area contributed by atoms with E-state index in [2.05, 4.69) is 40.3 Å². The van der Waals surface area contributed by atoms with Crippen LogP contribution < -0.4 is 10.2 Å². The lowest BCUT2D eigenvalue weighted by atomic mass is 10.2. The van der Waals surface area contributed by atoms with E-state index in [1.54, 1.807) is 0 Å². The summed E-state index contributed by atoms with van der Waals surface area (Å²) in [6.07, 6.45) is 0. The molecular weight excluding hydrogens is 232 g/mol. The highest BCUT2D eigenvalue weighted by Crippen LogP contribution is 2.16. The maximum absolute atomic E-state index is 3.31. The zero-order valence-electron chi connectivity index (χ0n) is 11.4. The quantitative estimate of drug-likeness (QED) is 0.841. The van der Waals surface area contributed by atoms with Gasteiger partial charge in [-0.1, -0.05) is 36.1 Å². The molecule has 96 valence electrons. The summed E-state index contributed by atoms with van der Waals surface area (Å²) in [7, 11) is 4.07. The fourth-order valence-corrected chi connectivity index (χ4v) is 1.71. The van der Waals surface area contributed by atoms with Crippen LogP contribution >= 0.6 is 0 Å².